The molecule has 0 amide bonds. The molecule has 0 aliphatic carbocycles. The minimum absolute atomic E-state index is 0.0969. The van der Waals surface area contributed by atoms with E-state index in [2.05, 4.69) is 5.32 Å². The summed E-state index contributed by atoms with van der Waals surface area (Å²) in [5.74, 6) is -0.491. The first-order valence-electron chi connectivity index (χ1n) is 7.38. The number of aliphatic hydroxyl groups is 1. The second-order valence-corrected chi connectivity index (χ2v) is 7.51. The number of β-amino-alcohol motifs (C(OH)–C–C–N with tert-alkyl or cyclic N) is 1. The summed E-state index contributed by atoms with van der Waals surface area (Å²) in [7, 11) is 0. The van der Waals surface area contributed by atoms with Crippen LogP contribution in [0.3, 0.4) is 0 Å². The number of aliphatic hydroxyl groups excluding tert-OH is 1. The maximum Gasteiger partial charge on any atom is 0.316 e. The normalized spacial score (nSPS) is 13.8. The van der Waals surface area contributed by atoms with Crippen molar-refractivity contribution in [3.8, 4) is 11.5 Å². The molecule has 5 heteroatoms. The van der Waals surface area contributed by atoms with Crippen LogP contribution in [0.5, 0.6) is 11.5 Å². The smallest absolute Gasteiger partial charge is 0.316 e. The summed E-state index contributed by atoms with van der Waals surface area (Å²) < 4.78 is 5.17. The summed E-state index contributed by atoms with van der Waals surface area (Å²) in [5, 5.41) is 23.3. The van der Waals surface area contributed by atoms with Crippen molar-refractivity contribution in [1.82, 2.24) is 5.32 Å². The van der Waals surface area contributed by atoms with Crippen molar-refractivity contribution in [2.75, 3.05) is 6.54 Å². The molecule has 1 unspecified atom stereocenters. The molecule has 0 fully saturated rings. The highest BCUT2D eigenvalue weighted by Crippen LogP contribution is 2.31. The molecule has 0 heterocycles. The van der Waals surface area contributed by atoms with Gasteiger partial charge in [0, 0.05) is 12.1 Å². The maximum atomic E-state index is 11.8. The molecule has 22 heavy (non-hydrogen) atoms. The van der Waals surface area contributed by atoms with Gasteiger partial charge in [-0.25, -0.2) is 0 Å². The minimum atomic E-state index is -0.752. The molecule has 0 aliphatic rings. The monoisotopic (exact) mass is 309 g/mol. The highest BCUT2D eigenvalue weighted by atomic mass is 16.5. The molecule has 0 radical (unpaired) electrons. The van der Waals surface area contributed by atoms with Crippen LogP contribution in [0.15, 0.2) is 18.2 Å². The van der Waals surface area contributed by atoms with Crippen molar-refractivity contribution in [3.63, 3.8) is 0 Å². The molecule has 1 aromatic carbocycles. The SMILES string of the molecule is CC(C)(C)NCC(O)c1ccc(OC(=O)C(C)(C)C)c(O)c1. The Morgan fingerprint density at radius 2 is 1.82 bits per heavy atom. The number of phenols is 1. The number of aromatic hydroxyl groups is 1. The molecule has 0 saturated heterocycles. The van der Waals surface area contributed by atoms with E-state index < -0.39 is 17.5 Å². The zero-order chi connectivity index (χ0) is 17.1. The Morgan fingerprint density at radius 3 is 2.27 bits per heavy atom. The van der Waals surface area contributed by atoms with Gasteiger partial charge in [-0.2, -0.15) is 0 Å². The molecular formula is C17H27NO4. The fourth-order valence-corrected chi connectivity index (χ4v) is 1.60. The quantitative estimate of drug-likeness (QED) is 0.589. The van der Waals surface area contributed by atoms with E-state index in [4.69, 9.17) is 4.74 Å². The predicted octanol–water partition coefficient (Wildman–Crippen LogP) is 2.77. The summed E-state index contributed by atoms with van der Waals surface area (Å²) in [4.78, 5) is 11.8. The summed E-state index contributed by atoms with van der Waals surface area (Å²) in [6.45, 7) is 11.6. The van der Waals surface area contributed by atoms with Gasteiger partial charge in [-0.15, -0.1) is 0 Å². The molecule has 0 saturated carbocycles. The fourth-order valence-electron chi connectivity index (χ4n) is 1.60. The zero-order valence-electron chi connectivity index (χ0n) is 14.2. The summed E-state index contributed by atoms with van der Waals surface area (Å²) >= 11 is 0. The lowest BCUT2D eigenvalue weighted by atomic mass is 9.97. The highest BCUT2D eigenvalue weighted by Gasteiger charge is 2.25. The van der Waals surface area contributed by atoms with E-state index in [1.165, 1.54) is 12.1 Å². The van der Waals surface area contributed by atoms with Crippen molar-refractivity contribution < 1.29 is 19.7 Å². The van der Waals surface area contributed by atoms with Crippen LogP contribution in [-0.2, 0) is 4.79 Å². The van der Waals surface area contributed by atoms with Crippen LogP contribution in [0.1, 0.15) is 53.2 Å². The number of benzene rings is 1. The Morgan fingerprint density at radius 1 is 1.23 bits per heavy atom. The summed E-state index contributed by atoms with van der Waals surface area (Å²) in [6, 6.07) is 4.55. The fraction of sp³-hybridized carbons (Fsp3) is 0.588. The van der Waals surface area contributed by atoms with Crippen LogP contribution in [0.25, 0.3) is 0 Å². The van der Waals surface area contributed by atoms with Gasteiger partial charge in [0.25, 0.3) is 0 Å². The second-order valence-electron chi connectivity index (χ2n) is 7.51. The number of rotatable bonds is 4. The number of carbonyl (C=O) groups is 1. The third-order valence-electron chi connectivity index (χ3n) is 3.01. The van der Waals surface area contributed by atoms with Crippen LogP contribution in [-0.4, -0.2) is 28.3 Å². The van der Waals surface area contributed by atoms with Crippen molar-refractivity contribution in [3.05, 3.63) is 23.8 Å². The topological polar surface area (TPSA) is 78.8 Å². The lowest BCUT2D eigenvalue weighted by molar-refractivity contribution is -0.143. The Labute approximate surface area is 132 Å². The van der Waals surface area contributed by atoms with Crippen LogP contribution in [0.4, 0.5) is 0 Å². The number of phenolic OH excluding ortho intramolecular Hbond substituents is 1. The molecule has 5 nitrogen and oxygen atoms in total. The molecule has 1 aromatic rings. The van der Waals surface area contributed by atoms with E-state index in [0.717, 1.165) is 0 Å². The lowest BCUT2D eigenvalue weighted by Gasteiger charge is -2.23. The average Bonchev–Trinajstić information content (AvgIpc) is 2.36. The van der Waals surface area contributed by atoms with Crippen molar-refractivity contribution in [2.45, 2.75) is 53.2 Å². The Bertz CT molecular complexity index is 526. The highest BCUT2D eigenvalue weighted by molar-refractivity contribution is 5.78. The van der Waals surface area contributed by atoms with E-state index in [0.29, 0.717) is 12.1 Å². The Kier molecular flexibility index (Phi) is 5.59. The number of carbonyl (C=O) groups excluding carboxylic acids is 1. The Hall–Kier alpha value is -1.59. The molecule has 124 valence electrons. The number of ether oxygens (including phenoxy) is 1. The maximum absolute atomic E-state index is 11.8. The van der Waals surface area contributed by atoms with Gasteiger partial charge in [0.1, 0.15) is 0 Å². The van der Waals surface area contributed by atoms with Gasteiger partial charge in [0.05, 0.1) is 11.5 Å². The molecule has 3 N–H and O–H groups in total. The first kappa shape index (κ1) is 18.5. The van der Waals surface area contributed by atoms with Gasteiger partial charge >= 0.3 is 5.97 Å². The first-order chi connectivity index (χ1) is 9.90. The van der Waals surface area contributed by atoms with Crippen LogP contribution in [0.2, 0.25) is 0 Å². The van der Waals surface area contributed by atoms with Gasteiger partial charge < -0.3 is 20.3 Å². The second kappa shape index (κ2) is 6.67. The third kappa shape index (κ3) is 5.66. The molecule has 0 aromatic heterocycles. The molecule has 0 aliphatic heterocycles. The average molecular weight is 309 g/mol. The number of nitrogens with one attached hydrogen (secondary N) is 1. The Balaban J connectivity index is 2.79. The van der Waals surface area contributed by atoms with Crippen LogP contribution < -0.4 is 10.1 Å². The largest absolute Gasteiger partial charge is 0.504 e. The standard InChI is InChI=1S/C17H27NO4/c1-16(2,3)15(21)22-14-8-7-11(9-12(14)19)13(20)10-18-17(4,5)6/h7-9,13,18-20H,10H2,1-6H3. The van der Waals surface area contributed by atoms with Gasteiger partial charge in [-0.1, -0.05) is 6.07 Å². The lowest BCUT2D eigenvalue weighted by Crippen LogP contribution is -2.38. The molecular weight excluding hydrogens is 282 g/mol. The van der Waals surface area contributed by atoms with E-state index >= 15 is 0 Å². The third-order valence-corrected chi connectivity index (χ3v) is 3.01. The van der Waals surface area contributed by atoms with E-state index in [1.54, 1.807) is 26.8 Å². The molecule has 1 rings (SSSR count). The zero-order valence-corrected chi connectivity index (χ0v) is 14.2. The van der Waals surface area contributed by atoms with E-state index in [-0.39, 0.29) is 17.0 Å². The predicted molar refractivity (Wildman–Crippen MR) is 85.9 cm³/mol. The number of hydrogen-bond acceptors (Lipinski definition) is 5. The van der Waals surface area contributed by atoms with Crippen LogP contribution >= 0.6 is 0 Å². The van der Waals surface area contributed by atoms with Gasteiger partial charge in [-0.3, -0.25) is 4.79 Å². The van der Waals surface area contributed by atoms with Gasteiger partial charge in [0.15, 0.2) is 11.5 Å². The van der Waals surface area contributed by atoms with Crippen LogP contribution in [0, 0.1) is 5.41 Å². The summed E-state index contributed by atoms with van der Waals surface area (Å²) in [5.41, 5.74) is -0.197. The number of hydrogen-bond donors (Lipinski definition) is 3. The van der Waals surface area contributed by atoms with Crippen molar-refractivity contribution in [2.24, 2.45) is 5.41 Å². The number of esters is 1. The van der Waals surface area contributed by atoms with Crippen molar-refractivity contribution >= 4 is 5.97 Å². The summed E-state index contributed by atoms with van der Waals surface area (Å²) in [6.07, 6.45) is -0.752. The molecule has 1 atom stereocenters. The minimum Gasteiger partial charge on any atom is -0.504 e. The van der Waals surface area contributed by atoms with E-state index in [9.17, 15) is 15.0 Å². The first-order valence-corrected chi connectivity index (χ1v) is 7.38. The van der Waals surface area contributed by atoms with Gasteiger partial charge in [0.2, 0.25) is 0 Å². The van der Waals surface area contributed by atoms with Gasteiger partial charge in [-0.05, 0) is 59.2 Å². The van der Waals surface area contributed by atoms with E-state index in [1.807, 2.05) is 20.8 Å². The van der Waals surface area contributed by atoms with Crippen molar-refractivity contribution in [1.29, 1.82) is 0 Å². The molecule has 0 bridgehead atoms. The molecule has 0 spiro atoms.